The van der Waals surface area contributed by atoms with Crippen LogP contribution in [0.25, 0.3) is 0 Å². The van der Waals surface area contributed by atoms with Crippen LogP contribution in [0.1, 0.15) is 17.5 Å². The van der Waals surface area contributed by atoms with E-state index >= 15 is 0 Å². The average molecular weight is 352 g/mol. The summed E-state index contributed by atoms with van der Waals surface area (Å²) >= 11 is 0. The zero-order valence-electron chi connectivity index (χ0n) is 14.2. The number of rotatable bonds is 9. The van der Waals surface area contributed by atoms with Gasteiger partial charge in [-0.25, -0.2) is 5.43 Å². The SMILES string of the molecule is C=CCOc1cccc(/C=N\NC(=O)CC(=O)NCc2cccnc2)c1. The summed E-state index contributed by atoms with van der Waals surface area (Å²) in [5.74, 6) is -0.208. The number of pyridine rings is 1. The highest BCUT2D eigenvalue weighted by Crippen LogP contribution is 2.11. The minimum absolute atomic E-state index is 0.305. The Morgan fingerprint density at radius 2 is 2.12 bits per heavy atom. The Labute approximate surface area is 151 Å². The first-order valence-corrected chi connectivity index (χ1v) is 7.98. The van der Waals surface area contributed by atoms with E-state index < -0.39 is 5.91 Å². The monoisotopic (exact) mass is 352 g/mol. The number of hydrazone groups is 1. The first-order valence-electron chi connectivity index (χ1n) is 7.98. The third-order valence-corrected chi connectivity index (χ3v) is 3.16. The maximum absolute atomic E-state index is 11.7. The molecule has 0 spiro atoms. The molecule has 0 atom stereocenters. The van der Waals surface area contributed by atoms with E-state index in [4.69, 9.17) is 4.74 Å². The van der Waals surface area contributed by atoms with Gasteiger partial charge in [0.25, 0.3) is 0 Å². The molecular weight excluding hydrogens is 332 g/mol. The average Bonchev–Trinajstić information content (AvgIpc) is 2.66. The highest BCUT2D eigenvalue weighted by molar-refractivity contribution is 5.97. The lowest BCUT2D eigenvalue weighted by Gasteiger charge is -2.04. The van der Waals surface area contributed by atoms with Crippen molar-refractivity contribution in [1.29, 1.82) is 0 Å². The minimum Gasteiger partial charge on any atom is -0.490 e. The molecule has 1 heterocycles. The molecule has 1 aromatic carbocycles. The van der Waals surface area contributed by atoms with Gasteiger partial charge in [-0.05, 0) is 29.3 Å². The molecule has 0 aliphatic carbocycles. The van der Waals surface area contributed by atoms with Crippen molar-refractivity contribution in [1.82, 2.24) is 15.7 Å². The van der Waals surface area contributed by atoms with Gasteiger partial charge in [0.15, 0.2) is 0 Å². The summed E-state index contributed by atoms with van der Waals surface area (Å²) < 4.78 is 5.41. The van der Waals surface area contributed by atoms with Crippen molar-refractivity contribution < 1.29 is 14.3 Å². The summed E-state index contributed by atoms with van der Waals surface area (Å²) in [7, 11) is 0. The number of carbonyl (C=O) groups is 2. The molecule has 134 valence electrons. The topological polar surface area (TPSA) is 92.7 Å². The number of hydrogen-bond acceptors (Lipinski definition) is 5. The molecule has 0 aliphatic rings. The maximum Gasteiger partial charge on any atom is 0.249 e. The van der Waals surface area contributed by atoms with Gasteiger partial charge in [0, 0.05) is 18.9 Å². The van der Waals surface area contributed by atoms with Crippen molar-refractivity contribution >= 4 is 18.0 Å². The summed E-state index contributed by atoms with van der Waals surface area (Å²) in [5.41, 5.74) is 3.94. The molecule has 26 heavy (non-hydrogen) atoms. The van der Waals surface area contributed by atoms with Gasteiger partial charge in [-0.15, -0.1) is 0 Å². The van der Waals surface area contributed by atoms with Gasteiger partial charge < -0.3 is 10.1 Å². The Kier molecular flexibility index (Phi) is 7.54. The molecule has 0 saturated heterocycles. The summed E-state index contributed by atoms with van der Waals surface area (Å²) in [6, 6.07) is 10.8. The molecule has 2 rings (SSSR count). The van der Waals surface area contributed by atoms with Crippen LogP contribution in [-0.2, 0) is 16.1 Å². The van der Waals surface area contributed by atoms with E-state index in [-0.39, 0.29) is 12.3 Å². The second-order valence-corrected chi connectivity index (χ2v) is 5.28. The van der Waals surface area contributed by atoms with E-state index in [1.807, 2.05) is 24.3 Å². The van der Waals surface area contributed by atoms with Crippen LogP contribution in [0.15, 0.2) is 66.5 Å². The molecule has 0 unspecified atom stereocenters. The van der Waals surface area contributed by atoms with Crippen molar-refractivity contribution in [2.75, 3.05) is 6.61 Å². The highest BCUT2D eigenvalue weighted by Gasteiger charge is 2.08. The summed E-state index contributed by atoms with van der Waals surface area (Å²) in [6.07, 6.45) is 6.13. The molecule has 0 radical (unpaired) electrons. The number of carbonyl (C=O) groups excluding carboxylic acids is 2. The Morgan fingerprint density at radius 3 is 2.88 bits per heavy atom. The minimum atomic E-state index is -0.496. The highest BCUT2D eigenvalue weighted by atomic mass is 16.5. The predicted octanol–water partition coefficient (Wildman–Crippen LogP) is 1.80. The Bertz CT molecular complexity index is 775. The third kappa shape index (κ3) is 6.96. The third-order valence-electron chi connectivity index (χ3n) is 3.16. The zero-order chi connectivity index (χ0) is 18.6. The van der Waals surface area contributed by atoms with Crippen molar-refractivity contribution in [2.24, 2.45) is 5.10 Å². The number of benzene rings is 1. The second kappa shape index (κ2) is 10.4. The van der Waals surface area contributed by atoms with Gasteiger partial charge in [-0.3, -0.25) is 14.6 Å². The molecule has 0 fully saturated rings. The fourth-order valence-electron chi connectivity index (χ4n) is 1.97. The van der Waals surface area contributed by atoms with Gasteiger partial charge in [0.1, 0.15) is 18.8 Å². The lowest BCUT2D eigenvalue weighted by molar-refractivity contribution is -0.129. The molecule has 2 amide bonds. The number of hydrogen-bond donors (Lipinski definition) is 2. The molecule has 7 nitrogen and oxygen atoms in total. The van der Waals surface area contributed by atoms with Crippen LogP contribution in [0.2, 0.25) is 0 Å². The van der Waals surface area contributed by atoms with Crippen LogP contribution in [0.3, 0.4) is 0 Å². The zero-order valence-corrected chi connectivity index (χ0v) is 14.2. The van der Waals surface area contributed by atoms with Gasteiger partial charge >= 0.3 is 0 Å². The van der Waals surface area contributed by atoms with E-state index in [0.29, 0.717) is 18.9 Å². The van der Waals surface area contributed by atoms with Crippen LogP contribution < -0.4 is 15.5 Å². The van der Waals surface area contributed by atoms with Crippen LogP contribution in [0.4, 0.5) is 0 Å². The quantitative estimate of drug-likeness (QED) is 0.311. The largest absolute Gasteiger partial charge is 0.490 e. The standard InChI is InChI=1S/C19H20N4O3/c1-2-9-26-17-7-3-5-15(10-17)14-22-23-19(25)11-18(24)21-13-16-6-4-8-20-12-16/h2-8,10,12,14H,1,9,11,13H2,(H,21,24)(H,23,25)/b22-14-. The molecule has 0 saturated carbocycles. The number of amides is 2. The second-order valence-electron chi connectivity index (χ2n) is 5.28. The summed E-state index contributed by atoms with van der Waals surface area (Å²) in [6.45, 7) is 4.31. The molecule has 1 aromatic heterocycles. The molecule has 7 heteroatoms. The van der Waals surface area contributed by atoms with Crippen LogP contribution in [-0.4, -0.2) is 29.6 Å². The molecule has 0 aliphatic heterocycles. The Morgan fingerprint density at radius 1 is 1.23 bits per heavy atom. The lowest BCUT2D eigenvalue weighted by atomic mass is 10.2. The van der Waals surface area contributed by atoms with E-state index in [1.165, 1.54) is 6.21 Å². The van der Waals surface area contributed by atoms with E-state index in [1.54, 1.807) is 30.6 Å². The Balaban J connectivity index is 1.74. The van der Waals surface area contributed by atoms with Crippen LogP contribution >= 0.6 is 0 Å². The van der Waals surface area contributed by atoms with E-state index in [0.717, 1.165) is 11.1 Å². The van der Waals surface area contributed by atoms with Crippen LogP contribution in [0, 0.1) is 0 Å². The van der Waals surface area contributed by atoms with Gasteiger partial charge in [-0.1, -0.05) is 30.9 Å². The number of aromatic nitrogens is 1. The van der Waals surface area contributed by atoms with E-state index in [9.17, 15) is 9.59 Å². The fraction of sp³-hybridized carbons (Fsp3) is 0.158. The molecule has 2 aromatic rings. The number of nitrogens with one attached hydrogen (secondary N) is 2. The van der Waals surface area contributed by atoms with Crippen molar-refractivity contribution in [3.05, 3.63) is 72.6 Å². The van der Waals surface area contributed by atoms with Gasteiger partial charge in [0.2, 0.25) is 11.8 Å². The maximum atomic E-state index is 11.7. The predicted molar refractivity (Wildman–Crippen MR) is 98.6 cm³/mol. The number of nitrogens with zero attached hydrogens (tertiary/aromatic N) is 2. The first-order chi connectivity index (χ1) is 12.7. The Hall–Kier alpha value is -3.48. The van der Waals surface area contributed by atoms with Crippen molar-refractivity contribution in [2.45, 2.75) is 13.0 Å². The summed E-state index contributed by atoms with van der Waals surface area (Å²) in [5, 5.41) is 6.49. The van der Waals surface area contributed by atoms with Crippen molar-refractivity contribution in [3.63, 3.8) is 0 Å². The van der Waals surface area contributed by atoms with E-state index in [2.05, 4.69) is 27.4 Å². The van der Waals surface area contributed by atoms with Crippen LogP contribution in [0.5, 0.6) is 5.75 Å². The molecular formula is C19H20N4O3. The first kappa shape index (κ1) is 18.9. The lowest BCUT2D eigenvalue weighted by Crippen LogP contribution is -2.29. The van der Waals surface area contributed by atoms with Gasteiger partial charge in [0.05, 0.1) is 6.21 Å². The normalized spacial score (nSPS) is 10.3. The van der Waals surface area contributed by atoms with Gasteiger partial charge in [-0.2, -0.15) is 5.10 Å². The fourth-order valence-corrected chi connectivity index (χ4v) is 1.97. The summed E-state index contributed by atoms with van der Waals surface area (Å²) in [4.78, 5) is 27.4. The smallest absolute Gasteiger partial charge is 0.249 e. The molecule has 0 bridgehead atoms. The number of ether oxygens (including phenoxy) is 1. The molecule has 2 N–H and O–H groups in total. The van der Waals surface area contributed by atoms with Crippen molar-refractivity contribution in [3.8, 4) is 5.75 Å².